The van der Waals surface area contributed by atoms with Crippen molar-refractivity contribution < 1.29 is 13.2 Å². The molecule has 0 fully saturated rings. The minimum absolute atomic E-state index is 0.00813. The Morgan fingerprint density at radius 1 is 1.04 bits per heavy atom. The van der Waals surface area contributed by atoms with Crippen LogP contribution in [0.4, 0.5) is 5.69 Å². The van der Waals surface area contributed by atoms with Crippen molar-refractivity contribution in [1.82, 2.24) is 4.90 Å². The van der Waals surface area contributed by atoms with Gasteiger partial charge in [0.15, 0.2) is 0 Å². The van der Waals surface area contributed by atoms with E-state index in [2.05, 4.69) is 11.6 Å². The Hall–Kier alpha value is -1.76. The molecule has 5 nitrogen and oxygen atoms in total. The molecule has 0 aromatic heterocycles. The molecule has 0 saturated carbocycles. The average Bonchev–Trinajstić information content (AvgIpc) is 2.64. The monoisotopic (exact) mass is 428 g/mol. The number of nitrogens with zero attached hydrogens (tertiary/aromatic N) is 1. The summed E-state index contributed by atoms with van der Waals surface area (Å²) in [6, 6.07) is 10.5. The highest BCUT2D eigenvalue weighted by Crippen LogP contribution is 2.26. The van der Waals surface area contributed by atoms with Gasteiger partial charge in [0, 0.05) is 24.3 Å². The highest BCUT2D eigenvalue weighted by molar-refractivity contribution is 7.92. The summed E-state index contributed by atoms with van der Waals surface area (Å²) in [5.41, 5.74) is 0.875. The van der Waals surface area contributed by atoms with E-state index in [1.165, 1.54) is 18.2 Å². The van der Waals surface area contributed by atoms with Crippen molar-refractivity contribution in [3.63, 3.8) is 0 Å². The van der Waals surface area contributed by atoms with Crippen LogP contribution in [0.25, 0.3) is 0 Å². The largest absolute Gasteiger partial charge is 0.339 e. The van der Waals surface area contributed by atoms with Gasteiger partial charge in [-0.1, -0.05) is 36.5 Å². The highest BCUT2D eigenvalue weighted by atomic mass is 35.5. The Morgan fingerprint density at radius 2 is 1.70 bits per heavy atom. The van der Waals surface area contributed by atoms with Gasteiger partial charge in [0.05, 0.1) is 14.9 Å². The molecule has 0 radical (unpaired) electrons. The summed E-state index contributed by atoms with van der Waals surface area (Å²) in [4.78, 5) is 14.3. The van der Waals surface area contributed by atoms with Gasteiger partial charge < -0.3 is 4.90 Å². The number of halogens is 2. The first-order valence-corrected chi connectivity index (χ1v) is 10.9. The van der Waals surface area contributed by atoms with Crippen molar-refractivity contribution in [2.24, 2.45) is 0 Å². The van der Waals surface area contributed by atoms with E-state index in [9.17, 15) is 13.2 Å². The summed E-state index contributed by atoms with van der Waals surface area (Å²) < 4.78 is 27.4. The third-order valence-electron chi connectivity index (χ3n) is 4.04. The van der Waals surface area contributed by atoms with E-state index >= 15 is 0 Å². The lowest BCUT2D eigenvalue weighted by molar-refractivity contribution is 0.0762. The van der Waals surface area contributed by atoms with E-state index < -0.39 is 10.0 Å². The van der Waals surface area contributed by atoms with E-state index in [-0.39, 0.29) is 20.8 Å². The van der Waals surface area contributed by atoms with Crippen LogP contribution >= 0.6 is 23.2 Å². The Morgan fingerprint density at radius 3 is 2.26 bits per heavy atom. The molecular weight excluding hydrogens is 407 g/mol. The fraction of sp³-hybridized carbons (Fsp3) is 0.316. The van der Waals surface area contributed by atoms with Gasteiger partial charge >= 0.3 is 0 Å². The van der Waals surface area contributed by atoms with Crippen LogP contribution in [0.1, 0.15) is 37.0 Å². The van der Waals surface area contributed by atoms with Gasteiger partial charge in [0.1, 0.15) is 0 Å². The molecule has 2 aromatic carbocycles. The summed E-state index contributed by atoms with van der Waals surface area (Å²) in [5.74, 6) is -0.0650. The second-order valence-corrected chi connectivity index (χ2v) is 8.49. The topological polar surface area (TPSA) is 66.5 Å². The predicted molar refractivity (Wildman–Crippen MR) is 110 cm³/mol. The molecule has 0 aliphatic heterocycles. The van der Waals surface area contributed by atoms with Gasteiger partial charge in [-0.25, -0.2) is 8.42 Å². The standard InChI is InChI=1S/C19H22Cl2N2O3S/c1-3-5-12-23(4-2)19(24)14-6-8-15(9-7-14)22-27(25,26)16-10-11-17(20)18(21)13-16/h6-11,13,22H,3-5,12H2,1-2H3. The summed E-state index contributed by atoms with van der Waals surface area (Å²) in [5, 5.41) is 0.439. The van der Waals surface area contributed by atoms with Crippen LogP contribution in [-0.2, 0) is 10.0 Å². The molecule has 0 spiro atoms. The molecule has 27 heavy (non-hydrogen) atoms. The number of anilines is 1. The number of rotatable bonds is 8. The molecule has 0 bridgehead atoms. The van der Waals surface area contributed by atoms with E-state index in [0.29, 0.717) is 24.3 Å². The molecule has 0 atom stereocenters. The summed E-state index contributed by atoms with van der Waals surface area (Å²) in [6.45, 7) is 5.35. The van der Waals surface area contributed by atoms with Gasteiger partial charge in [-0.05, 0) is 55.8 Å². The predicted octanol–water partition coefficient (Wildman–Crippen LogP) is 5.06. The molecule has 2 rings (SSSR count). The number of sulfonamides is 1. The minimum Gasteiger partial charge on any atom is -0.339 e. The molecule has 0 aliphatic rings. The number of carbonyl (C=O) groups excluding carboxylic acids is 1. The third kappa shape index (κ3) is 5.61. The molecule has 8 heteroatoms. The lowest BCUT2D eigenvalue weighted by atomic mass is 10.1. The number of nitrogens with one attached hydrogen (secondary N) is 1. The van der Waals surface area contributed by atoms with Crippen LogP contribution in [0.5, 0.6) is 0 Å². The second-order valence-electron chi connectivity index (χ2n) is 6.00. The first kappa shape index (κ1) is 21.5. The number of benzene rings is 2. The zero-order chi connectivity index (χ0) is 20.0. The number of amides is 1. The van der Waals surface area contributed by atoms with Crippen LogP contribution in [-0.4, -0.2) is 32.3 Å². The second kappa shape index (κ2) is 9.44. The van der Waals surface area contributed by atoms with E-state index in [1.54, 1.807) is 29.2 Å². The van der Waals surface area contributed by atoms with Crippen LogP contribution in [0.2, 0.25) is 10.0 Å². The minimum atomic E-state index is -3.81. The van der Waals surface area contributed by atoms with Crippen LogP contribution in [0.15, 0.2) is 47.4 Å². The Bertz CT molecular complexity index is 900. The maximum Gasteiger partial charge on any atom is 0.261 e. The van der Waals surface area contributed by atoms with Gasteiger partial charge in [-0.3, -0.25) is 9.52 Å². The first-order chi connectivity index (χ1) is 12.8. The summed E-state index contributed by atoms with van der Waals surface area (Å²) >= 11 is 11.7. The van der Waals surface area contributed by atoms with Crippen molar-refractivity contribution in [3.05, 3.63) is 58.1 Å². The molecule has 1 amide bonds. The molecule has 146 valence electrons. The van der Waals surface area contributed by atoms with Gasteiger partial charge in [-0.2, -0.15) is 0 Å². The zero-order valence-corrected chi connectivity index (χ0v) is 17.5. The van der Waals surface area contributed by atoms with Crippen LogP contribution < -0.4 is 4.72 Å². The Balaban J connectivity index is 2.14. The van der Waals surface area contributed by atoms with E-state index in [4.69, 9.17) is 23.2 Å². The number of unbranched alkanes of at least 4 members (excludes halogenated alkanes) is 1. The quantitative estimate of drug-likeness (QED) is 0.638. The van der Waals surface area contributed by atoms with Crippen molar-refractivity contribution >= 4 is 44.8 Å². The van der Waals surface area contributed by atoms with Crippen LogP contribution in [0.3, 0.4) is 0 Å². The van der Waals surface area contributed by atoms with Crippen molar-refractivity contribution in [3.8, 4) is 0 Å². The summed E-state index contributed by atoms with van der Waals surface area (Å²) in [7, 11) is -3.81. The lowest BCUT2D eigenvalue weighted by Crippen LogP contribution is -2.31. The zero-order valence-electron chi connectivity index (χ0n) is 15.2. The smallest absolute Gasteiger partial charge is 0.261 e. The van der Waals surface area contributed by atoms with E-state index in [1.807, 2.05) is 6.92 Å². The maximum atomic E-state index is 12.5. The third-order valence-corrected chi connectivity index (χ3v) is 6.15. The van der Waals surface area contributed by atoms with Gasteiger partial charge in [0.2, 0.25) is 0 Å². The lowest BCUT2D eigenvalue weighted by Gasteiger charge is -2.20. The number of hydrogen-bond acceptors (Lipinski definition) is 3. The van der Waals surface area contributed by atoms with Crippen molar-refractivity contribution in [2.75, 3.05) is 17.8 Å². The highest BCUT2D eigenvalue weighted by Gasteiger charge is 2.17. The molecule has 0 unspecified atom stereocenters. The van der Waals surface area contributed by atoms with Gasteiger partial charge in [-0.15, -0.1) is 0 Å². The SMILES string of the molecule is CCCCN(CC)C(=O)c1ccc(NS(=O)(=O)c2ccc(Cl)c(Cl)c2)cc1. The molecule has 0 aliphatic carbocycles. The molecule has 1 N–H and O–H groups in total. The first-order valence-electron chi connectivity index (χ1n) is 8.65. The molecular formula is C19H22Cl2N2O3S. The fourth-order valence-electron chi connectivity index (χ4n) is 2.47. The molecule has 0 saturated heterocycles. The van der Waals surface area contributed by atoms with Crippen LogP contribution in [0, 0.1) is 0 Å². The fourth-order valence-corrected chi connectivity index (χ4v) is 3.92. The summed E-state index contributed by atoms with van der Waals surface area (Å²) in [6.07, 6.45) is 1.96. The number of carbonyl (C=O) groups is 1. The Kier molecular flexibility index (Phi) is 7.53. The molecule has 2 aromatic rings. The molecule has 0 heterocycles. The van der Waals surface area contributed by atoms with Gasteiger partial charge in [0.25, 0.3) is 15.9 Å². The van der Waals surface area contributed by atoms with Crippen molar-refractivity contribution in [1.29, 1.82) is 0 Å². The average molecular weight is 429 g/mol. The maximum absolute atomic E-state index is 12.5. The Labute approximate surface area is 170 Å². The van der Waals surface area contributed by atoms with Crippen molar-refractivity contribution in [2.45, 2.75) is 31.6 Å². The van der Waals surface area contributed by atoms with E-state index in [0.717, 1.165) is 12.8 Å². The number of hydrogen-bond donors (Lipinski definition) is 1. The normalized spacial score (nSPS) is 11.3.